The lowest BCUT2D eigenvalue weighted by Crippen LogP contribution is -2.31. The van der Waals surface area contributed by atoms with Crippen LogP contribution in [0.15, 0.2) is 16.7 Å². The molecule has 2 rings (SSSR count). The molecule has 1 fully saturated rings. The smallest absolute Gasteiger partial charge is 0.118 e. The van der Waals surface area contributed by atoms with Crippen LogP contribution in [0.5, 0.6) is 0 Å². The molecule has 4 nitrogen and oxygen atoms in total. The van der Waals surface area contributed by atoms with Gasteiger partial charge < -0.3 is 14.5 Å². The summed E-state index contributed by atoms with van der Waals surface area (Å²) >= 11 is 0. The summed E-state index contributed by atoms with van der Waals surface area (Å²) in [6.07, 6.45) is 2.97. The van der Waals surface area contributed by atoms with Gasteiger partial charge >= 0.3 is 0 Å². The second-order valence-electron chi connectivity index (χ2n) is 4.63. The topological polar surface area (TPSA) is 37.6 Å². The molecule has 0 amide bonds. The van der Waals surface area contributed by atoms with E-state index < -0.39 is 0 Å². The zero-order valence-electron chi connectivity index (χ0n) is 10.7. The number of likely N-dealkylation sites (N-methyl/N-ethyl adjacent to an activating group) is 1. The van der Waals surface area contributed by atoms with Crippen molar-refractivity contribution in [3.05, 3.63) is 23.7 Å². The van der Waals surface area contributed by atoms with Gasteiger partial charge in [0.2, 0.25) is 0 Å². The molecule has 1 saturated heterocycles. The fourth-order valence-electron chi connectivity index (χ4n) is 2.12. The number of hydrogen-bond donors (Lipinski definition) is 1. The Hall–Kier alpha value is -0.840. The van der Waals surface area contributed by atoms with Gasteiger partial charge in [0.15, 0.2) is 0 Å². The summed E-state index contributed by atoms with van der Waals surface area (Å²) in [4.78, 5) is 2.31. The Bertz CT molecular complexity index is 332. The van der Waals surface area contributed by atoms with Crippen molar-refractivity contribution in [3.8, 4) is 0 Å². The molecule has 1 aliphatic heterocycles. The maximum absolute atomic E-state index is 5.57. The molecular weight excluding hydrogens is 216 g/mol. The van der Waals surface area contributed by atoms with E-state index in [0.29, 0.717) is 6.04 Å². The van der Waals surface area contributed by atoms with Crippen molar-refractivity contribution in [1.82, 2.24) is 10.2 Å². The minimum atomic E-state index is 0.539. The van der Waals surface area contributed by atoms with E-state index in [4.69, 9.17) is 9.15 Å². The highest BCUT2D eigenvalue weighted by molar-refractivity contribution is 5.12. The minimum absolute atomic E-state index is 0.539. The molecule has 1 aliphatic rings. The van der Waals surface area contributed by atoms with Gasteiger partial charge in [0.1, 0.15) is 5.76 Å². The Kier molecular flexibility index (Phi) is 4.59. The molecule has 96 valence electrons. The average Bonchev–Trinajstić information content (AvgIpc) is 2.97. The SMILES string of the molecule is CCNCc1coc(CN(C)C2CCOC2)c1. The number of ether oxygens (including phenoxy) is 1. The maximum atomic E-state index is 5.57. The summed E-state index contributed by atoms with van der Waals surface area (Å²) in [7, 11) is 2.13. The van der Waals surface area contributed by atoms with E-state index in [9.17, 15) is 0 Å². The van der Waals surface area contributed by atoms with Crippen LogP contribution in [0.25, 0.3) is 0 Å². The third-order valence-electron chi connectivity index (χ3n) is 3.22. The Morgan fingerprint density at radius 3 is 3.12 bits per heavy atom. The van der Waals surface area contributed by atoms with E-state index in [-0.39, 0.29) is 0 Å². The average molecular weight is 238 g/mol. The second-order valence-corrected chi connectivity index (χ2v) is 4.63. The summed E-state index contributed by atoms with van der Waals surface area (Å²) in [5.41, 5.74) is 1.22. The molecule has 0 bridgehead atoms. The molecule has 1 unspecified atom stereocenters. The Balaban J connectivity index is 1.83. The third-order valence-corrected chi connectivity index (χ3v) is 3.22. The molecule has 2 heterocycles. The van der Waals surface area contributed by atoms with Gasteiger partial charge in [-0.15, -0.1) is 0 Å². The molecule has 0 radical (unpaired) electrons. The largest absolute Gasteiger partial charge is 0.468 e. The highest BCUT2D eigenvalue weighted by Gasteiger charge is 2.20. The molecule has 1 N–H and O–H groups in total. The molecule has 4 heteroatoms. The maximum Gasteiger partial charge on any atom is 0.118 e. The zero-order chi connectivity index (χ0) is 12.1. The predicted octanol–water partition coefficient (Wildman–Crippen LogP) is 1.61. The highest BCUT2D eigenvalue weighted by Crippen LogP contribution is 2.15. The van der Waals surface area contributed by atoms with E-state index >= 15 is 0 Å². The Morgan fingerprint density at radius 2 is 2.41 bits per heavy atom. The van der Waals surface area contributed by atoms with Crippen LogP contribution in [-0.2, 0) is 17.8 Å². The van der Waals surface area contributed by atoms with Crippen LogP contribution in [0.1, 0.15) is 24.7 Å². The first-order valence-corrected chi connectivity index (χ1v) is 6.34. The number of rotatable bonds is 6. The molecule has 0 aromatic carbocycles. The molecule has 1 aromatic rings. The second kappa shape index (κ2) is 6.19. The van der Waals surface area contributed by atoms with Crippen molar-refractivity contribution in [2.75, 3.05) is 26.8 Å². The quantitative estimate of drug-likeness (QED) is 0.817. The molecule has 0 saturated carbocycles. The minimum Gasteiger partial charge on any atom is -0.468 e. The third kappa shape index (κ3) is 3.56. The van der Waals surface area contributed by atoms with Gasteiger partial charge in [0.25, 0.3) is 0 Å². The molecule has 0 spiro atoms. The standard InChI is InChI=1S/C13H22N2O2/c1-3-14-7-11-6-13(17-9-11)8-15(2)12-4-5-16-10-12/h6,9,12,14H,3-5,7-8,10H2,1-2H3. The van der Waals surface area contributed by atoms with Crippen LogP contribution < -0.4 is 5.32 Å². The van der Waals surface area contributed by atoms with E-state index in [1.54, 1.807) is 0 Å². The summed E-state index contributed by atoms with van der Waals surface area (Å²) < 4.78 is 11.0. The van der Waals surface area contributed by atoms with E-state index in [0.717, 1.165) is 45.0 Å². The van der Waals surface area contributed by atoms with E-state index in [1.165, 1.54) is 5.56 Å². The molecular formula is C13H22N2O2. The van der Waals surface area contributed by atoms with Crippen molar-refractivity contribution < 1.29 is 9.15 Å². The first-order chi connectivity index (χ1) is 8.29. The van der Waals surface area contributed by atoms with Crippen molar-refractivity contribution in [1.29, 1.82) is 0 Å². The number of nitrogens with one attached hydrogen (secondary N) is 1. The molecule has 1 atom stereocenters. The lowest BCUT2D eigenvalue weighted by Gasteiger charge is -2.21. The molecule has 17 heavy (non-hydrogen) atoms. The van der Waals surface area contributed by atoms with Crippen molar-refractivity contribution in [3.63, 3.8) is 0 Å². The number of nitrogens with zero attached hydrogens (tertiary/aromatic N) is 1. The normalized spacial score (nSPS) is 20.3. The van der Waals surface area contributed by atoms with Crippen molar-refractivity contribution >= 4 is 0 Å². The lowest BCUT2D eigenvalue weighted by molar-refractivity contribution is 0.152. The summed E-state index contributed by atoms with van der Waals surface area (Å²) in [6.45, 7) is 6.57. The first-order valence-electron chi connectivity index (χ1n) is 6.34. The summed E-state index contributed by atoms with van der Waals surface area (Å²) in [6, 6.07) is 2.67. The number of hydrogen-bond acceptors (Lipinski definition) is 4. The van der Waals surface area contributed by atoms with Crippen molar-refractivity contribution in [2.24, 2.45) is 0 Å². The van der Waals surface area contributed by atoms with Gasteiger partial charge in [-0.05, 0) is 26.1 Å². The van der Waals surface area contributed by atoms with Gasteiger partial charge in [0.05, 0.1) is 19.4 Å². The monoisotopic (exact) mass is 238 g/mol. The molecule has 0 aliphatic carbocycles. The summed E-state index contributed by atoms with van der Waals surface area (Å²) in [5, 5.41) is 3.29. The van der Waals surface area contributed by atoms with Crippen LogP contribution >= 0.6 is 0 Å². The Morgan fingerprint density at radius 1 is 1.53 bits per heavy atom. The van der Waals surface area contributed by atoms with Gasteiger partial charge in [-0.2, -0.15) is 0 Å². The van der Waals surface area contributed by atoms with Crippen LogP contribution in [0.2, 0.25) is 0 Å². The number of furan rings is 1. The van der Waals surface area contributed by atoms with Crippen molar-refractivity contribution in [2.45, 2.75) is 32.5 Å². The fraction of sp³-hybridized carbons (Fsp3) is 0.692. The van der Waals surface area contributed by atoms with Gasteiger partial charge in [0, 0.05) is 24.8 Å². The van der Waals surface area contributed by atoms with Crippen LogP contribution in [-0.4, -0.2) is 37.7 Å². The van der Waals surface area contributed by atoms with Crippen LogP contribution in [0.4, 0.5) is 0 Å². The Labute approximate surface area is 103 Å². The molecule has 1 aromatic heterocycles. The fourth-order valence-corrected chi connectivity index (χ4v) is 2.12. The zero-order valence-corrected chi connectivity index (χ0v) is 10.7. The summed E-state index contributed by atoms with van der Waals surface area (Å²) in [5.74, 6) is 1.03. The van der Waals surface area contributed by atoms with Gasteiger partial charge in [-0.25, -0.2) is 0 Å². The first kappa shape index (κ1) is 12.6. The van der Waals surface area contributed by atoms with Gasteiger partial charge in [-0.3, -0.25) is 4.90 Å². The highest BCUT2D eigenvalue weighted by atomic mass is 16.5. The van der Waals surface area contributed by atoms with Gasteiger partial charge in [-0.1, -0.05) is 6.92 Å². The van der Waals surface area contributed by atoms with E-state index in [2.05, 4.69) is 30.3 Å². The predicted molar refractivity (Wildman–Crippen MR) is 66.8 cm³/mol. The van der Waals surface area contributed by atoms with Crippen LogP contribution in [0, 0.1) is 0 Å². The lowest BCUT2D eigenvalue weighted by atomic mass is 10.2. The van der Waals surface area contributed by atoms with E-state index in [1.807, 2.05) is 6.26 Å². The van der Waals surface area contributed by atoms with Crippen LogP contribution in [0.3, 0.4) is 0 Å².